The van der Waals surface area contributed by atoms with Gasteiger partial charge in [0.1, 0.15) is 0 Å². The van der Waals surface area contributed by atoms with E-state index in [0.717, 1.165) is 5.69 Å². The number of carbonyl (C=O) groups is 2. The van der Waals surface area contributed by atoms with Crippen LogP contribution < -0.4 is 4.90 Å². The lowest BCUT2D eigenvalue weighted by Gasteiger charge is -2.24. The molecule has 0 saturated carbocycles. The van der Waals surface area contributed by atoms with Gasteiger partial charge in [0.2, 0.25) is 11.8 Å². The summed E-state index contributed by atoms with van der Waals surface area (Å²) < 4.78 is 0. The molecule has 1 heterocycles. The predicted octanol–water partition coefficient (Wildman–Crippen LogP) is 1.91. The average molecular weight is 260 g/mol. The van der Waals surface area contributed by atoms with E-state index in [0.29, 0.717) is 13.0 Å². The Kier molecular flexibility index (Phi) is 3.88. The lowest BCUT2D eigenvalue weighted by Crippen LogP contribution is -2.38. The smallest absolute Gasteiger partial charge is 0.227 e. The number of anilines is 1. The van der Waals surface area contributed by atoms with Crippen molar-refractivity contribution in [1.29, 1.82) is 0 Å². The van der Waals surface area contributed by atoms with Crippen LogP contribution in [0, 0.1) is 5.92 Å². The third-order valence-corrected chi connectivity index (χ3v) is 3.66. The first-order valence-electron chi connectivity index (χ1n) is 6.62. The first-order chi connectivity index (χ1) is 9.00. The predicted molar refractivity (Wildman–Crippen MR) is 74.8 cm³/mol. The van der Waals surface area contributed by atoms with Gasteiger partial charge in [-0.25, -0.2) is 0 Å². The number of amides is 2. The quantitative estimate of drug-likeness (QED) is 0.833. The monoisotopic (exact) mass is 260 g/mol. The molecular weight excluding hydrogens is 240 g/mol. The molecule has 0 unspecified atom stereocenters. The SMILES string of the molecule is CC(C)N(C)C(=O)[C@H]1CC(=O)N(c2ccccc2)C1. The van der Waals surface area contributed by atoms with E-state index in [2.05, 4.69) is 0 Å². The number of rotatable bonds is 3. The molecule has 19 heavy (non-hydrogen) atoms. The van der Waals surface area contributed by atoms with Crippen molar-refractivity contribution in [1.82, 2.24) is 4.90 Å². The molecule has 1 saturated heterocycles. The van der Waals surface area contributed by atoms with Gasteiger partial charge in [0.05, 0.1) is 5.92 Å². The third-order valence-electron chi connectivity index (χ3n) is 3.66. The maximum atomic E-state index is 12.3. The molecule has 4 nitrogen and oxygen atoms in total. The number of carbonyl (C=O) groups excluding carboxylic acids is 2. The molecule has 0 spiro atoms. The summed E-state index contributed by atoms with van der Waals surface area (Å²) in [5.74, 6) is -0.136. The van der Waals surface area contributed by atoms with Crippen LogP contribution in [0.3, 0.4) is 0 Å². The minimum atomic E-state index is -0.222. The van der Waals surface area contributed by atoms with E-state index >= 15 is 0 Å². The summed E-state index contributed by atoms with van der Waals surface area (Å²) in [4.78, 5) is 27.7. The summed E-state index contributed by atoms with van der Waals surface area (Å²) in [6, 6.07) is 9.68. The van der Waals surface area contributed by atoms with E-state index in [4.69, 9.17) is 0 Å². The van der Waals surface area contributed by atoms with Gasteiger partial charge in [-0.2, -0.15) is 0 Å². The van der Waals surface area contributed by atoms with E-state index in [9.17, 15) is 9.59 Å². The van der Waals surface area contributed by atoms with E-state index in [1.54, 1.807) is 16.8 Å². The highest BCUT2D eigenvalue weighted by molar-refractivity contribution is 6.00. The second kappa shape index (κ2) is 5.43. The zero-order chi connectivity index (χ0) is 14.0. The van der Waals surface area contributed by atoms with Gasteiger partial charge in [-0.05, 0) is 26.0 Å². The van der Waals surface area contributed by atoms with E-state index in [1.165, 1.54) is 0 Å². The third kappa shape index (κ3) is 2.78. The van der Waals surface area contributed by atoms with Crippen molar-refractivity contribution in [2.75, 3.05) is 18.5 Å². The van der Waals surface area contributed by atoms with Crippen LogP contribution in [0.25, 0.3) is 0 Å². The van der Waals surface area contributed by atoms with Crippen LogP contribution in [0.15, 0.2) is 30.3 Å². The van der Waals surface area contributed by atoms with Gasteiger partial charge >= 0.3 is 0 Å². The zero-order valence-corrected chi connectivity index (χ0v) is 11.7. The lowest BCUT2D eigenvalue weighted by atomic mass is 10.1. The molecule has 0 N–H and O–H groups in total. The molecule has 1 atom stereocenters. The molecular formula is C15H20N2O2. The van der Waals surface area contributed by atoms with Gasteiger partial charge < -0.3 is 9.80 Å². The van der Waals surface area contributed by atoms with Crippen LogP contribution in [0.5, 0.6) is 0 Å². The summed E-state index contributed by atoms with van der Waals surface area (Å²) >= 11 is 0. The van der Waals surface area contributed by atoms with E-state index in [-0.39, 0.29) is 23.8 Å². The van der Waals surface area contributed by atoms with Gasteiger partial charge in [0, 0.05) is 31.7 Å². The summed E-state index contributed by atoms with van der Waals surface area (Å²) in [7, 11) is 1.79. The minimum absolute atomic E-state index is 0.0294. The number of hydrogen-bond donors (Lipinski definition) is 0. The molecule has 0 aliphatic carbocycles. The standard InChI is InChI=1S/C15H20N2O2/c1-11(2)16(3)15(19)12-9-14(18)17(10-12)13-7-5-4-6-8-13/h4-8,11-12H,9-10H2,1-3H3/t12-/m0/s1. The van der Waals surface area contributed by atoms with Crippen LogP contribution in [0.1, 0.15) is 20.3 Å². The van der Waals surface area contributed by atoms with Crippen molar-refractivity contribution in [3.63, 3.8) is 0 Å². The van der Waals surface area contributed by atoms with Crippen molar-refractivity contribution < 1.29 is 9.59 Å². The van der Waals surface area contributed by atoms with Crippen LogP contribution in [0.2, 0.25) is 0 Å². The number of nitrogens with zero attached hydrogens (tertiary/aromatic N) is 2. The van der Waals surface area contributed by atoms with Crippen molar-refractivity contribution in [2.24, 2.45) is 5.92 Å². The second-order valence-electron chi connectivity index (χ2n) is 5.28. The molecule has 4 heteroatoms. The first-order valence-corrected chi connectivity index (χ1v) is 6.62. The molecule has 2 rings (SSSR count). The van der Waals surface area contributed by atoms with Gasteiger partial charge in [-0.15, -0.1) is 0 Å². The van der Waals surface area contributed by atoms with Crippen molar-refractivity contribution in [2.45, 2.75) is 26.3 Å². The molecule has 1 fully saturated rings. The van der Waals surface area contributed by atoms with Gasteiger partial charge in [0.25, 0.3) is 0 Å². The average Bonchev–Trinajstić information content (AvgIpc) is 2.80. The van der Waals surface area contributed by atoms with Crippen molar-refractivity contribution in [3.8, 4) is 0 Å². The zero-order valence-electron chi connectivity index (χ0n) is 11.7. The Balaban J connectivity index is 2.10. The summed E-state index contributed by atoms with van der Waals surface area (Å²) in [6.45, 7) is 4.44. The molecule has 1 aliphatic rings. The van der Waals surface area contributed by atoms with Gasteiger partial charge in [-0.1, -0.05) is 18.2 Å². The first kappa shape index (κ1) is 13.6. The summed E-state index contributed by atoms with van der Waals surface area (Å²) in [5, 5.41) is 0. The van der Waals surface area contributed by atoms with Crippen LogP contribution in [0.4, 0.5) is 5.69 Å². The largest absolute Gasteiger partial charge is 0.343 e. The fourth-order valence-corrected chi connectivity index (χ4v) is 2.27. The number of benzene rings is 1. The fourth-order valence-electron chi connectivity index (χ4n) is 2.27. The summed E-state index contributed by atoms with van der Waals surface area (Å²) in [6.07, 6.45) is 0.310. The molecule has 102 valence electrons. The van der Waals surface area contributed by atoms with Crippen molar-refractivity contribution in [3.05, 3.63) is 30.3 Å². The fraction of sp³-hybridized carbons (Fsp3) is 0.467. The molecule has 2 amide bonds. The minimum Gasteiger partial charge on any atom is -0.343 e. The molecule has 1 aliphatic heterocycles. The molecule has 1 aromatic rings. The highest BCUT2D eigenvalue weighted by Crippen LogP contribution is 2.26. The Morgan fingerprint density at radius 2 is 1.95 bits per heavy atom. The second-order valence-corrected chi connectivity index (χ2v) is 5.28. The number of para-hydroxylation sites is 1. The summed E-state index contributed by atoms with van der Waals surface area (Å²) in [5.41, 5.74) is 0.870. The maximum Gasteiger partial charge on any atom is 0.227 e. The Morgan fingerprint density at radius 1 is 1.32 bits per heavy atom. The van der Waals surface area contributed by atoms with E-state index < -0.39 is 0 Å². The topological polar surface area (TPSA) is 40.6 Å². The highest BCUT2D eigenvalue weighted by atomic mass is 16.2. The molecule has 0 radical (unpaired) electrons. The Hall–Kier alpha value is -1.84. The van der Waals surface area contributed by atoms with Crippen LogP contribution in [-0.2, 0) is 9.59 Å². The normalized spacial score (nSPS) is 19.1. The molecule has 0 bridgehead atoms. The van der Waals surface area contributed by atoms with E-state index in [1.807, 2.05) is 44.2 Å². The maximum absolute atomic E-state index is 12.3. The Morgan fingerprint density at radius 3 is 2.53 bits per heavy atom. The van der Waals surface area contributed by atoms with Gasteiger partial charge in [-0.3, -0.25) is 9.59 Å². The van der Waals surface area contributed by atoms with Gasteiger partial charge in [0.15, 0.2) is 0 Å². The van der Waals surface area contributed by atoms with Crippen molar-refractivity contribution >= 4 is 17.5 Å². The number of hydrogen-bond acceptors (Lipinski definition) is 2. The Bertz CT molecular complexity index is 470. The lowest BCUT2D eigenvalue weighted by molar-refractivity contribution is -0.135. The molecule has 1 aromatic carbocycles. The Labute approximate surface area is 114 Å². The highest BCUT2D eigenvalue weighted by Gasteiger charge is 2.36. The van der Waals surface area contributed by atoms with Crippen LogP contribution >= 0.6 is 0 Å². The molecule has 0 aromatic heterocycles. The van der Waals surface area contributed by atoms with Crippen LogP contribution in [-0.4, -0.2) is 36.3 Å².